The van der Waals surface area contributed by atoms with Crippen LogP contribution in [0.4, 0.5) is 0 Å². The number of hydrogen-bond donors (Lipinski definition) is 0. The smallest absolute Gasteiger partial charge is 0.476 e. The average molecular weight is 256 g/mol. The van der Waals surface area contributed by atoms with Crippen molar-refractivity contribution in [2.75, 3.05) is 20.3 Å². The molecule has 0 N–H and O–H groups in total. The Morgan fingerprint density at radius 2 is 2.17 bits per heavy atom. The molecular formula is C9H9BO8. The molecule has 18 heavy (non-hydrogen) atoms. The summed E-state index contributed by atoms with van der Waals surface area (Å²) in [6.07, 6.45) is 3.84. The number of methoxy groups -OCH3 is 1. The first-order chi connectivity index (χ1) is 8.58. The molecule has 1 aliphatic rings. The zero-order valence-electron chi connectivity index (χ0n) is 9.41. The zero-order chi connectivity index (χ0) is 13.5. The van der Waals surface area contributed by atoms with Gasteiger partial charge in [0, 0.05) is 0 Å². The average Bonchev–Trinajstić information content (AvgIpc) is 2.83. The first-order valence-corrected chi connectivity index (χ1v) is 4.74. The maximum atomic E-state index is 11.3. The van der Waals surface area contributed by atoms with E-state index < -0.39 is 31.3 Å². The van der Waals surface area contributed by atoms with Gasteiger partial charge in [0.05, 0.1) is 13.7 Å². The first kappa shape index (κ1) is 14.0. The van der Waals surface area contributed by atoms with Gasteiger partial charge in [0.2, 0.25) is 0 Å². The van der Waals surface area contributed by atoms with Crippen molar-refractivity contribution in [1.82, 2.24) is 0 Å². The Labute approximate surface area is 103 Å². The van der Waals surface area contributed by atoms with Crippen LogP contribution in [0.25, 0.3) is 0 Å². The topological polar surface area (TPSA) is 97.4 Å². The maximum Gasteiger partial charge on any atom is 0.716 e. The number of carbonyl (C=O) groups is 3. The molecule has 96 valence electrons. The van der Waals surface area contributed by atoms with Crippen molar-refractivity contribution in [2.24, 2.45) is 0 Å². The summed E-state index contributed by atoms with van der Waals surface area (Å²) in [6, 6.07) is 0. The van der Waals surface area contributed by atoms with E-state index in [1.165, 1.54) is 0 Å². The van der Waals surface area contributed by atoms with E-state index in [2.05, 4.69) is 20.0 Å². The molecule has 1 aliphatic heterocycles. The molecule has 0 aliphatic carbocycles. The largest absolute Gasteiger partial charge is 0.716 e. The van der Waals surface area contributed by atoms with E-state index in [0.29, 0.717) is 0 Å². The van der Waals surface area contributed by atoms with Gasteiger partial charge in [0.15, 0.2) is 12.7 Å². The van der Waals surface area contributed by atoms with Crippen molar-refractivity contribution in [3.63, 3.8) is 0 Å². The molecule has 0 aromatic carbocycles. The molecule has 0 saturated carbocycles. The molecule has 1 heterocycles. The highest BCUT2D eigenvalue weighted by Gasteiger charge is 2.42. The highest BCUT2D eigenvalue weighted by Crippen LogP contribution is 2.11. The van der Waals surface area contributed by atoms with Crippen molar-refractivity contribution in [3.05, 3.63) is 0 Å². The van der Waals surface area contributed by atoms with Gasteiger partial charge in [-0.15, -0.1) is 6.42 Å². The fraction of sp³-hybridized carbons (Fsp3) is 0.444. The molecule has 9 heteroatoms. The van der Waals surface area contributed by atoms with Crippen LogP contribution in [0, 0.1) is 12.3 Å². The lowest BCUT2D eigenvalue weighted by molar-refractivity contribution is -0.162. The summed E-state index contributed by atoms with van der Waals surface area (Å²) in [7, 11) is -0.445. The van der Waals surface area contributed by atoms with Gasteiger partial charge in [-0.25, -0.2) is 14.4 Å². The van der Waals surface area contributed by atoms with Crippen molar-refractivity contribution in [1.29, 1.82) is 0 Å². The van der Waals surface area contributed by atoms with Crippen LogP contribution in [-0.2, 0) is 37.8 Å². The lowest BCUT2D eigenvalue weighted by Gasteiger charge is -2.07. The third-order valence-electron chi connectivity index (χ3n) is 1.78. The minimum absolute atomic E-state index is 0.178. The summed E-state index contributed by atoms with van der Waals surface area (Å²) in [4.78, 5) is 33.0. The second-order valence-corrected chi connectivity index (χ2v) is 2.96. The van der Waals surface area contributed by atoms with Gasteiger partial charge in [-0.2, -0.15) is 0 Å². The molecule has 1 atom stereocenters. The summed E-state index contributed by atoms with van der Waals surface area (Å²) in [5.74, 6) is -1.14. The number of carbonyl (C=O) groups excluding carboxylic acids is 3. The van der Waals surface area contributed by atoms with E-state index in [1.54, 1.807) is 0 Å². The molecule has 1 unspecified atom stereocenters. The van der Waals surface area contributed by atoms with Gasteiger partial charge >= 0.3 is 25.2 Å². The quantitative estimate of drug-likeness (QED) is 0.254. The number of esters is 2. The number of terminal acetylenes is 1. The molecule has 1 fully saturated rings. The van der Waals surface area contributed by atoms with Gasteiger partial charge in [-0.05, 0) is 0 Å². The number of ether oxygens (including phenoxy) is 2. The summed E-state index contributed by atoms with van der Waals surface area (Å²) >= 11 is 0. The van der Waals surface area contributed by atoms with Gasteiger partial charge in [0.1, 0.15) is 0 Å². The fourth-order valence-corrected chi connectivity index (χ4v) is 0.989. The SMILES string of the molecule is C#CCOC(=O)C1COB(OC(=O)C(=O)OC)O1. The molecular weight excluding hydrogens is 247 g/mol. The normalized spacial score (nSPS) is 17.8. The Kier molecular flexibility index (Phi) is 5.16. The van der Waals surface area contributed by atoms with Crippen molar-refractivity contribution in [3.8, 4) is 12.3 Å². The molecule has 8 nitrogen and oxygen atoms in total. The van der Waals surface area contributed by atoms with Crippen molar-refractivity contribution >= 4 is 25.2 Å². The van der Waals surface area contributed by atoms with E-state index in [4.69, 9.17) is 15.7 Å². The molecule has 1 saturated heterocycles. The van der Waals surface area contributed by atoms with Crippen LogP contribution >= 0.6 is 0 Å². The molecule has 0 amide bonds. The first-order valence-electron chi connectivity index (χ1n) is 4.74. The lowest BCUT2D eigenvalue weighted by atomic mass is 10.2. The van der Waals surface area contributed by atoms with Gasteiger partial charge in [-0.1, -0.05) is 5.92 Å². The molecule has 0 spiro atoms. The third kappa shape index (κ3) is 3.76. The van der Waals surface area contributed by atoms with Crippen LogP contribution in [-0.4, -0.2) is 51.7 Å². The van der Waals surface area contributed by atoms with Crippen LogP contribution in [0.1, 0.15) is 0 Å². The standard InChI is InChI=1S/C9H9BO8/c1-3-4-15-7(11)6-5-16-10(17-6)18-9(13)8(12)14-2/h1,6H,4-5H2,2H3. The van der Waals surface area contributed by atoms with Crippen LogP contribution in [0.5, 0.6) is 0 Å². The maximum absolute atomic E-state index is 11.3. The molecule has 1 rings (SSSR count). The number of rotatable bonds is 3. The van der Waals surface area contributed by atoms with E-state index in [9.17, 15) is 14.4 Å². The second kappa shape index (κ2) is 6.63. The fourth-order valence-electron chi connectivity index (χ4n) is 0.989. The van der Waals surface area contributed by atoms with Crippen LogP contribution < -0.4 is 0 Å². The second-order valence-electron chi connectivity index (χ2n) is 2.96. The molecule has 0 radical (unpaired) electrons. The Balaban J connectivity index is 2.37. The summed E-state index contributed by atoms with van der Waals surface area (Å²) in [5, 5.41) is 0. The summed E-state index contributed by atoms with van der Waals surface area (Å²) < 4.78 is 22.8. The van der Waals surface area contributed by atoms with E-state index in [0.717, 1.165) is 7.11 Å². The predicted molar refractivity (Wildman–Crippen MR) is 54.5 cm³/mol. The Hall–Kier alpha value is -2.05. The highest BCUT2D eigenvalue weighted by atomic mass is 16.8. The van der Waals surface area contributed by atoms with Crippen molar-refractivity contribution in [2.45, 2.75) is 6.10 Å². The van der Waals surface area contributed by atoms with Crippen LogP contribution in [0.2, 0.25) is 0 Å². The summed E-state index contributed by atoms with van der Waals surface area (Å²) in [5.41, 5.74) is 0. The highest BCUT2D eigenvalue weighted by molar-refractivity contribution is 6.46. The van der Waals surface area contributed by atoms with Gasteiger partial charge < -0.3 is 23.4 Å². The minimum Gasteiger partial charge on any atom is -0.476 e. The van der Waals surface area contributed by atoms with Gasteiger partial charge in [0.25, 0.3) is 0 Å². The minimum atomic E-state index is -1.46. The molecule has 0 aromatic heterocycles. The third-order valence-corrected chi connectivity index (χ3v) is 1.78. The van der Waals surface area contributed by atoms with Gasteiger partial charge in [-0.3, -0.25) is 0 Å². The monoisotopic (exact) mass is 256 g/mol. The number of hydrogen-bond acceptors (Lipinski definition) is 8. The Bertz CT molecular complexity index is 387. The zero-order valence-corrected chi connectivity index (χ0v) is 9.41. The molecule has 0 bridgehead atoms. The lowest BCUT2D eigenvalue weighted by Crippen LogP contribution is -2.32. The van der Waals surface area contributed by atoms with E-state index in [-0.39, 0.29) is 13.2 Å². The molecule has 0 aromatic rings. The van der Waals surface area contributed by atoms with Crippen LogP contribution in [0.15, 0.2) is 0 Å². The Morgan fingerprint density at radius 1 is 1.44 bits per heavy atom. The summed E-state index contributed by atoms with van der Waals surface area (Å²) in [6.45, 7) is -0.381. The van der Waals surface area contributed by atoms with E-state index >= 15 is 0 Å². The Morgan fingerprint density at radius 3 is 2.78 bits per heavy atom. The van der Waals surface area contributed by atoms with Crippen LogP contribution in [0.3, 0.4) is 0 Å². The van der Waals surface area contributed by atoms with Crippen molar-refractivity contribution < 1.29 is 37.8 Å². The van der Waals surface area contributed by atoms with E-state index in [1.807, 2.05) is 0 Å². The predicted octanol–water partition coefficient (Wildman–Crippen LogP) is -1.72.